The van der Waals surface area contributed by atoms with Crippen LogP contribution in [0.25, 0.3) is 43.5 Å². The van der Waals surface area contributed by atoms with Gasteiger partial charge in [0.05, 0.1) is 16.6 Å². The van der Waals surface area contributed by atoms with Crippen LogP contribution in [0.2, 0.25) is 0 Å². The Kier molecular flexibility index (Phi) is 2.96. The normalized spacial score (nSPS) is 11.9. The minimum absolute atomic E-state index is 0.277. The van der Waals surface area contributed by atoms with Crippen LogP contribution >= 0.6 is 0 Å². The molecule has 4 heteroatoms. The average Bonchev–Trinajstić information content (AvgIpc) is 2.96. The number of hydrogen-bond donors (Lipinski definition) is 1. The van der Waals surface area contributed by atoms with Gasteiger partial charge in [-0.05, 0) is 18.2 Å². The summed E-state index contributed by atoms with van der Waals surface area (Å²) in [5, 5.41) is 16.0. The van der Waals surface area contributed by atoms with E-state index in [0.717, 1.165) is 43.5 Å². The monoisotopic (exact) mass is 328 g/mol. The number of aromatic nitrogens is 2. The molecule has 0 radical (unpaired) electrons. The van der Waals surface area contributed by atoms with Crippen LogP contribution in [-0.4, -0.2) is 21.8 Å². The Bertz CT molecular complexity index is 1270. The molecule has 5 rings (SSSR count). The van der Waals surface area contributed by atoms with E-state index in [-0.39, 0.29) is 5.75 Å². The summed E-state index contributed by atoms with van der Waals surface area (Å²) in [4.78, 5) is 4.54. The summed E-state index contributed by atoms with van der Waals surface area (Å²) in [5.41, 5.74) is 2.72. The largest absolute Gasteiger partial charge is 0.505 e. The molecule has 0 saturated heterocycles. The highest BCUT2D eigenvalue weighted by Crippen LogP contribution is 2.41. The fourth-order valence-corrected chi connectivity index (χ4v) is 3.80. The number of aromatic hydroxyl groups is 1. The first-order valence-corrected chi connectivity index (χ1v) is 8.19. The van der Waals surface area contributed by atoms with Gasteiger partial charge in [-0.3, -0.25) is 4.98 Å². The molecule has 0 fully saturated rings. The van der Waals surface area contributed by atoms with E-state index in [4.69, 9.17) is 4.74 Å². The van der Waals surface area contributed by atoms with Crippen molar-refractivity contribution >= 4 is 43.5 Å². The summed E-state index contributed by atoms with van der Waals surface area (Å²) in [6.45, 7) is 0.381. The molecular formula is C21H16N2O2. The number of benzene rings is 3. The Morgan fingerprint density at radius 2 is 1.76 bits per heavy atom. The van der Waals surface area contributed by atoms with Crippen LogP contribution in [0, 0.1) is 0 Å². The zero-order valence-electron chi connectivity index (χ0n) is 13.7. The summed E-state index contributed by atoms with van der Waals surface area (Å²) >= 11 is 0. The number of pyridine rings is 1. The molecule has 0 aliphatic rings. The molecule has 2 aromatic heterocycles. The SMILES string of the molecule is COCn1c2ccccc2c2cc3cnc4ccccc4c3c(O)c21. The van der Waals surface area contributed by atoms with Crippen LogP contribution < -0.4 is 0 Å². The predicted octanol–water partition coefficient (Wildman–Crippen LogP) is 4.81. The number of ether oxygens (including phenoxy) is 1. The molecule has 0 bridgehead atoms. The second kappa shape index (κ2) is 5.19. The van der Waals surface area contributed by atoms with Crippen molar-refractivity contribution in [1.29, 1.82) is 0 Å². The van der Waals surface area contributed by atoms with Gasteiger partial charge in [-0.2, -0.15) is 0 Å². The molecule has 4 nitrogen and oxygen atoms in total. The lowest BCUT2D eigenvalue weighted by Gasteiger charge is -2.10. The number of rotatable bonds is 2. The first-order valence-electron chi connectivity index (χ1n) is 8.19. The quantitative estimate of drug-likeness (QED) is 0.473. The number of para-hydroxylation sites is 2. The Morgan fingerprint density at radius 3 is 2.60 bits per heavy atom. The van der Waals surface area contributed by atoms with Crippen molar-refractivity contribution in [1.82, 2.24) is 9.55 Å². The zero-order chi connectivity index (χ0) is 17.0. The summed E-state index contributed by atoms with van der Waals surface area (Å²) < 4.78 is 7.42. The van der Waals surface area contributed by atoms with Crippen molar-refractivity contribution in [3.8, 4) is 5.75 Å². The molecule has 0 amide bonds. The van der Waals surface area contributed by atoms with Crippen LogP contribution in [0.15, 0.2) is 60.8 Å². The van der Waals surface area contributed by atoms with Gasteiger partial charge in [0.15, 0.2) is 0 Å². The van der Waals surface area contributed by atoms with Gasteiger partial charge in [-0.15, -0.1) is 0 Å². The number of phenolic OH excluding ortho intramolecular Hbond substituents is 1. The summed E-state index contributed by atoms with van der Waals surface area (Å²) in [7, 11) is 1.66. The Hall–Kier alpha value is -3.11. The lowest BCUT2D eigenvalue weighted by atomic mass is 10.0. The molecule has 0 aliphatic carbocycles. The molecule has 5 aromatic rings. The van der Waals surface area contributed by atoms with Gasteiger partial charge in [-0.25, -0.2) is 0 Å². The minimum atomic E-state index is 0.277. The van der Waals surface area contributed by atoms with Gasteiger partial charge in [0.2, 0.25) is 0 Å². The van der Waals surface area contributed by atoms with Gasteiger partial charge in [0, 0.05) is 40.2 Å². The number of phenols is 1. The van der Waals surface area contributed by atoms with Crippen LogP contribution in [0.3, 0.4) is 0 Å². The van der Waals surface area contributed by atoms with Crippen LogP contribution in [0.5, 0.6) is 5.75 Å². The van der Waals surface area contributed by atoms with Crippen molar-refractivity contribution < 1.29 is 9.84 Å². The molecule has 0 atom stereocenters. The molecule has 0 spiro atoms. The first kappa shape index (κ1) is 14.3. The van der Waals surface area contributed by atoms with E-state index in [2.05, 4.69) is 23.2 Å². The standard InChI is InChI=1S/C21H16N2O2/c1-25-12-23-18-9-5-3-6-14(18)16-10-13-11-22-17-8-4-2-7-15(17)19(13)21(24)20(16)23/h2-11,24H,12H2,1H3. The lowest BCUT2D eigenvalue weighted by Crippen LogP contribution is -1.99. The van der Waals surface area contributed by atoms with Crippen LogP contribution in [0.4, 0.5) is 0 Å². The topological polar surface area (TPSA) is 47.3 Å². The maximum atomic E-state index is 11.2. The fourth-order valence-electron chi connectivity index (χ4n) is 3.80. The highest BCUT2D eigenvalue weighted by atomic mass is 16.5. The van der Waals surface area contributed by atoms with Crippen molar-refractivity contribution in [3.05, 3.63) is 60.8 Å². The maximum absolute atomic E-state index is 11.2. The van der Waals surface area contributed by atoms with Gasteiger partial charge < -0.3 is 14.4 Å². The third kappa shape index (κ3) is 1.88. The number of methoxy groups -OCH3 is 1. The number of hydrogen-bond acceptors (Lipinski definition) is 3. The second-order valence-corrected chi connectivity index (χ2v) is 6.22. The minimum Gasteiger partial charge on any atom is -0.505 e. The Balaban J connectivity index is 2.07. The fraction of sp³-hybridized carbons (Fsp3) is 0.0952. The predicted molar refractivity (Wildman–Crippen MR) is 101 cm³/mol. The smallest absolute Gasteiger partial charge is 0.148 e. The van der Waals surface area contributed by atoms with Gasteiger partial charge in [-0.1, -0.05) is 36.4 Å². The highest BCUT2D eigenvalue weighted by Gasteiger charge is 2.18. The molecule has 122 valence electrons. The van der Waals surface area contributed by atoms with E-state index in [0.29, 0.717) is 6.73 Å². The Morgan fingerprint density at radius 1 is 1.00 bits per heavy atom. The zero-order valence-corrected chi connectivity index (χ0v) is 13.7. The molecule has 0 saturated carbocycles. The Labute approximate surface area is 143 Å². The molecule has 25 heavy (non-hydrogen) atoms. The number of nitrogens with zero attached hydrogens (tertiary/aromatic N) is 2. The molecular weight excluding hydrogens is 312 g/mol. The third-order valence-electron chi connectivity index (χ3n) is 4.83. The van der Waals surface area contributed by atoms with Crippen molar-refractivity contribution in [3.63, 3.8) is 0 Å². The third-order valence-corrected chi connectivity index (χ3v) is 4.83. The molecule has 2 heterocycles. The highest BCUT2D eigenvalue weighted by molar-refractivity contribution is 6.20. The molecule has 1 N–H and O–H groups in total. The lowest BCUT2D eigenvalue weighted by molar-refractivity contribution is 0.138. The van der Waals surface area contributed by atoms with E-state index in [9.17, 15) is 5.11 Å². The maximum Gasteiger partial charge on any atom is 0.148 e. The van der Waals surface area contributed by atoms with E-state index in [1.165, 1.54) is 0 Å². The van der Waals surface area contributed by atoms with Gasteiger partial charge in [0.25, 0.3) is 0 Å². The van der Waals surface area contributed by atoms with Gasteiger partial charge >= 0.3 is 0 Å². The van der Waals surface area contributed by atoms with Gasteiger partial charge in [0.1, 0.15) is 12.5 Å². The summed E-state index contributed by atoms with van der Waals surface area (Å²) in [5.74, 6) is 0.277. The second-order valence-electron chi connectivity index (χ2n) is 6.22. The van der Waals surface area contributed by atoms with E-state index < -0.39 is 0 Å². The van der Waals surface area contributed by atoms with Crippen molar-refractivity contribution in [2.45, 2.75) is 6.73 Å². The average molecular weight is 328 g/mol. The van der Waals surface area contributed by atoms with E-state index in [1.807, 2.05) is 47.2 Å². The molecule has 0 unspecified atom stereocenters. The van der Waals surface area contributed by atoms with E-state index >= 15 is 0 Å². The number of fused-ring (bicyclic) bond motifs is 6. The molecule has 0 aliphatic heterocycles. The van der Waals surface area contributed by atoms with Crippen LogP contribution in [-0.2, 0) is 11.5 Å². The van der Waals surface area contributed by atoms with Crippen molar-refractivity contribution in [2.75, 3.05) is 7.11 Å². The van der Waals surface area contributed by atoms with E-state index in [1.54, 1.807) is 7.11 Å². The molecule has 3 aromatic carbocycles. The van der Waals surface area contributed by atoms with Crippen LogP contribution in [0.1, 0.15) is 0 Å². The summed E-state index contributed by atoms with van der Waals surface area (Å²) in [6, 6.07) is 18.1. The first-order chi connectivity index (χ1) is 12.3. The van der Waals surface area contributed by atoms with Crippen molar-refractivity contribution in [2.24, 2.45) is 0 Å². The summed E-state index contributed by atoms with van der Waals surface area (Å²) in [6.07, 6.45) is 1.83.